The van der Waals surface area contributed by atoms with Crippen molar-refractivity contribution in [2.75, 3.05) is 0 Å². The van der Waals surface area contributed by atoms with Gasteiger partial charge in [0, 0.05) is 22.3 Å². The van der Waals surface area contributed by atoms with Crippen LogP contribution in [0.5, 0.6) is 0 Å². The van der Waals surface area contributed by atoms with Gasteiger partial charge in [-0.15, -0.1) is 0 Å². The van der Waals surface area contributed by atoms with Crippen molar-refractivity contribution in [1.29, 1.82) is 0 Å². The predicted molar refractivity (Wildman–Crippen MR) is 209 cm³/mol. The van der Waals surface area contributed by atoms with E-state index in [4.69, 9.17) is 9.97 Å². The molecule has 0 amide bonds. The Labute approximate surface area is 291 Å². The van der Waals surface area contributed by atoms with Crippen molar-refractivity contribution in [3.63, 3.8) is 0 Å². The molecule has 9 aromatic rings. The summed E-state index contributed by atoms with van der Waals surface area (Å²) in [6.07, 6.45) is 0. The normalized spacial score (nSPS) is 11.6. The molecular weight excluding hydrogens is 605 g/mol. The minimum atomic E-state index is 0.862. The molecule has 0 bridgehead atoms. The summed E-state index contributed by atoms with van der Waals surface area (Å²) in [7, 11) is 0. The zero-order valence-electron chi connectivity index (χ0n) is 27.2. The molecule has 1 aliphatic rings. The largest absolute Gasteiger partial charge is 0.243 e. The number of rotatable bonds is 5. The Bertz CT molecular complexity index is 2700. The molecule has 10 rings (SSSR count). The molecule has 0 unspecified atom stereocenters. The van der Waals surface area contributed by atoms with Crippen LogP contribution in [0, 0.1) is 0 Å². The highest BCUT2D eigenvalue weighted by molar-refractivity contribution is 6.18. The molecule has 1 aromatic heterocycles. The van der Waals surface area contributed by atoms with Crippen molar-refractivity contribution < 1.29 is 0 Å². The standard InChI is InChI=1S/C48H30N2/c1-3-13-33(14-4-1)45-46(34-15-5-2-6-16-34)50-48(37-27-22-31-12-7-8-17-36(31)30-37)47(49-45)35-25-23-32(24-26-35)38-28-29-43-40-19-10-9-18-39(40)42-21-11-20-41(38)44(42)43/h1-30H. The second-order valence-electron chi connectivity index (χ2n) is 12.9. The molecule has 0 aliphatic heterocycles. The average molecular weight is 635 g/mol. The van der Waals surface area contributed by atoms with Gasteiger partial charge in [-0.2, -0.15) is 0 Å². The third-order valence-electron chi connectivity index (χ3n) is 10.0. The van der Waals surface area contributed by atoms with Gasteiger partial charge in [-0.3, -0.25) is 0 Å². The summed E-state index contributed by atoms with van der Waals surface area (Å²) < 4.78 is 0. The van der Waals surface area contributed by atoms with Gasteiger partial charge in [0.15, 0.2) is 0 Å². The first-order valence-electron chi connectivity index (χ1n) is 17.1. The van der Waals surface area contributed by atoms with Gasteiger partial charge in [0.2, 0.25) is 0 Å². The Balaban J connectivity index is 1.16. The van der Waals surface area contributed by atoms with E-state index >= 15 is 0 Å². The Morgan fingerprint density at radius 2 is 0.720 bits per heavy atom. The van der Waals surface area contributed by atoms with Crippen molar-refractivity contribution in [3.05, 3.63) is 182 Å². The number of hydrogen-bond acceptors (Lipinski definition) is 2. The van der Waals surface area contributed by atoms with Crippen LogP contribution in [0.15, 0.2) is 182 Å². The van der Waals surface area contributed by atoms with Crippen molar-refractivity contribution in [2.45, 2.75) is 0 Å². The highest BCUT2D eigenvalue weighted by Crippen LogP contribution is 2.49. The van der Waals surface area contributed by atoms with Gasteiger partial charge in [0.05, 0.1) is 22.8 Å². The number of benzene rings is 8. The molecule has 1 aliphatic carbocycles. The van der Waals surface area contributed by atoms with Crippen LogP contribution in [0.2, 0.25) is 0 Å². The quantitative estimate of drug-likeness (QED) is 0.188. The summed E-state index contributed by atoms with van der Waals surface area (Å²) >= 11 is 0. The summed E-state index contributed by atoms with van der Waals surface area (Å²) in [4.78, 5) is 11.0. The maximum atomic E-state index is 5.49. The van der Waals surface area contributed by atoms with E-state index in [1.54, 1.807) is 0 Å². The summed E-state index contributed by atoms with van der Waals surface area (Å²) in [6.45, 7) is 0. The zero-order chi connectivity index (χ0) is 33.0. The maximum absolute atomic E-state index is 5.49. The van der Waals surface area contributed by atoms with Gasteiger partial charge >= 0.3 is 0 Å². The van der Waals surface area contributed by atoms with Crippen molar-refractivity contribution in [1.82, 2.24) is 9.97 Å². The van der Waals surface area contributed by atoms with Gasteiger partial charge in [-0.1, -0.05) is 176 Å². The van der Waals surface area contributed by atoms with E-state index in [0.717, 1.165) is 45.0 Å². The van der Waals surface area contributed by atoms with Gasteiger partial charge in [0.25, 0.3) is 0 Å². The SMILES string of the molecule is c1ccc(-c2nc(-c3ccc(-c4ccc5c6c(cccc46)-c4ccccc4-5)cc3)c(-c3ccc4ccccc4c3)nc2-c2ccccc2)cc1. The highest BCUT2D eigenvalue weighted by atomic mass is 14.9. The van der Waals surface area contributed by atoms with Crippen LogP contribution in [-0.2, 0) is 0 Å². The van der Waals surface area contributed by atoms with E-state index in [9.17, 15) is 0 Å². The Morgan fingerprint density at radius 3 is 1.38 bits per heavy atom. The van der Waals surface area contributed by atoms with Gasteiger partial charge in [0.1, 0.15) is 0 Å². The monoisotopic (exact) mass is 634 g/mol. The first-order chi connectivity index (χ1) is 24.8. The molecule has 0 spiro atoms. The lowest BCUT2D eigenvalue weighted by atomic mass is 9.93. The van der Waals surface area contributed by atoms with E-state index in [-0.39, 0.29) is 0 Å². The fourth-order valence-electron chi connectivity index (χ4n) is 7.64. The first-order valence-corrected chi connectivity index (χ1v) is 17.1. The fourth-order valence-corrected chi connectivity index (χ4v) is 7.64. The number of hydrogen-bond donors (Lipinski definition) is 0. The molecule has 1 heterocycles. The molecule has 0 saturated carbocycles. The maximum Gasteiger partial charge on any atom is 0.0973 e. The summed E-state index contributed by atoms with van der Waals surface area (Å²) in [5.41, 5.74) is 15.3. The first kappa shape index (κ1) is 28.4. The van der Waals surface area contributed by atoms with Crippen LogP contribution in [0.3, 0.4) is 0 Å². The molecule has 0 atom stereocenters. The molecule has 0 radical (unpaired) electrons. The molecule has 232 valence electrons. The molecule has 2 nitrogen and oxygen atoms in total. The van der Waals surface area contributed by atoms with Gasteiger partial charge in [-0.25, -0.2) is 9.97 Å². The number of nitrogens with zero attached hydrogens (tertiary/aromatic N) is 2. The van der Waals surface area contributed by atoms with Crippen LogP contribution in [0.25, 0.3) is 100.0 Å². The molecule has 2 heteroatoms. The van der Waals surface area contributed by atoms with E-state index in [2.05, 4.69) is 170 Å². The third-order valence-corrected chi connectivity index (χ3v) is 10.0. The van der Waals surface area contributed by atoms with E-state index in [1.807, 2.05) is 12.1 Å². The lowest BCUT2D eigenvalue weighted by molar-refractivity contribution is 1.22. The smallest absolute Gasteiger partial charge is 0.0973 e. The van der Waals surface area contributed by atoms with Gasteiger partial charge in [-0.05, 0) is 61.0 Å². The van der Waals surface area contributed by atoms with Crippen molar-refractivity contribution in [3.8, 4) is 78.4 Å². The van der Waals surface area contributed by atoms with Crippen LogP contribution in [0.4, 0.5) is 0 Å². The Hall–Kier alpha value is -6.64. The lowest BCUT2D eigenvalue weighted by Gasteiger charge is -2.17. The van der Waals surface area contributed by atoms with Crippen molar-refractivity contribution >= 4 is 21.5 Å². The zero-order valence-corrected chi connectivity index (χ0v) is 27.2. The minimum Gasteiger partial charge on any atom is -0.243 e. The van der Waals surface area contributed by atoms with E-state index < -0.39 is 0 Å². The summed E-state index contributed by atoms with van der Waals surface area (Å²) in [5, 5.41) is 4.99. The van der Waals surface area contributed by atoms with E-state index in [0.29, 0.717) is 0 Å². The highest BCUT2D eigenvalue weighted by Gasteiger charge is 2.23. The number of aromatic nitrogens is 2. The molecule has 50 heavy (non-hydrogen) atoms. The molecule has 8 aromatic carbocycles. The summed E-state index contributed by atoms with van der Waals surface area (Å²) in [5.74, 6) is 0. The molecule has 0 fully saturated rings. The summed E-state index contributed by atoms with van der Waals surface area (Å²) in [6, 6.07) is 64.8. The van der Waals surface area contributed by atoms with Gasteiger partial charge < -0.3 is 0 Å². The van der Waals surface area contributed by atoms with Crippen molar-refractivity contribution in [2.24, 2.45) is 0 Å². The lowest BCUT2D eigenvalue weighted by Crippen LogP contribution is -2.01. The third kappa shape index (κ3) is 4.57. The minimum absolute atomic E-state index is 0.862. The van der Waals surface area contributed by atoms with Crippen LogP contribution in [-0.4, -0.2) is 9.97 Å². The second-order valence-corrected chi connectivity index (χ2v) is 12.9. The second kappa shape index (κ2) is 11.5. The van der Waals surface area contributed by atoms with E-state index in [1.165, 1.54) is 54.9 Å². The molecule has 0 N–H and O–H groups in total. The molecule has 0 saturated heterocycles. The Morgan fingerprint density at radius 1 is 0.260 bits per heavy atom. The fraction of sp³-hybridized carbons (Fsp3) is 0. The Kier molecular flexibility index (Phi) is 6.53. The number of fused-ring (bicyclic) bond motifs is 4. The average Bonchev–Trinajstić information content (AvgIpc) is 3.53. The van der Waals surface area contributed by atoms with Crippen LogP contribution in [0.1, 0.15) is 0 Å². The predicted octanol–water partition coefficient (Wildman–Crippen LogP) is 12.8. The topological polar surface area (TPSA) is 25.8 Å². The van der Waals surface area contributed by atoms with Crippen LogP contribution < -0.4 is 0 Å². The van der Waals surface area contributed by atoms with Crippen LogP contribution >= 0.6 is 0 Å². The molecular formula is C48H30N2.